The first-order valence-electron chi connectivity index (χ1n) is 16.1. The molecule has 5 aromatic rings. The van der Waals surface area contributed by atoms with E-state index in [1.54, 1.807) is 94.1 Å². The van der Waals surface area contributed by atoms with Gasteiger partial charge in [-0.2, -0.15) is 0 Å². The highest BCUT2D eigenvalue weighted by Crippen LogP contribution is 2.77. The standard InChI is InChI=1S/C40H20O2S10/c41-37-39(51-29-19-9-7-17-27(29)49-37)31(34-43-21-11-1-2-12-22(21)44-34)32(35-45-23-13-3-4-14-24(23)46-35)40(38(42)50-28-18-8-10-20-30(28)52-40)33(39)36-47-25-15-5-6-16-26(25)48-36/h1-20H. The van der Waals surface area contributed by atoms with Crippen molar-refractivity contribution in [2.45, 2.75) is 58.4 Å². The average Bonchev–Trinajstić information content (AvgIpc) is 3.94. The van der Waals surface area contributed by atoms with Crippen molar-refractivity contribution >= 4 is 128 Å². The van der Waals surface area contributed by atoms with Gasteiger partial charge in [0.25, 0.3) is 0 Å². The van der Waals surface area contributed by atoms with Crippen LogP contribution in [0.2, 0.25) is 0 Å². The van der Waals surface area contributed by atoms with Crippen molar-refractivity contribution in [1.29, 1.82) is 0 Å². The third-order valence-electron chi connectivity index (χ3n) is 9.24. The van der Waals surface area contributed by atoms with E-state index in [9.17, 15) is 0 Å². The molecule has 0 saturated heterocycles. The van der Waals surface area contributed by atoms with E-state index in [1.165, 1.54) is 43.1 Å². The zero-order valence-corrected chi connectivity index (χ0v) is 34.6. The van der Waals surface area contributed by atoms with Crippen LogP contribution in [-0.4, -0.2) is 19.7 Å². The van der Waals surface area contributed by atoms with Crippen LogP contribution in [0.4, 0.5) is 0 Å². The molecule has 12 heteroatoms. The monoisotopic (exact) mass is 852 g/mol. The maximum atomic E-state index is 15.7. The highest BCUT2D eigenvalue weighted by molar-refractivity contribution is 8.26. The van der Waals surface area contributed by atoms with Gasteiger partial charge in [-0.15, -0.1) is 0 Å². The van der Waals surface area contributed by atoms with Crippen molar-refractivity contribution in [3.63, 3.8) is 0 Å². The molecule has 1 saturated carbocycles. The van der Waals surface area contributed by atoms with E-state index >= 15 is 9.59 Å². The second-order valence-electron chi connectivity index (χ2n) is 12.2. The van der Waals surface area contributed by atoms with Gasteiger partial charge < -0.3 is 0 Å². The van der Waals surface area contributed by atoms with Crippen LogP contribution in [0, 0.1) is 0 Å². The van der Waals surface area contributed by atoms with Gasteiger partial charge in [-0.1, -0.05) is 155 Å². The lowest BCUT2D eigenvalue weighted by Gasteiger charge is -2.39. The lowest BCUT2D eigenvalue weighted by atomic mass is 9.97. The minimum atomic E-state index is -1.17. The van der Waals surface area contributed by atoms with Gasteiger partial charge in [-0.25, -0.2) is 0 Å². The topological polar surface area (TPSA) is 34.1 Å². The minimum absolute atomic E-state index is 0.0632. The first-order chi connectivity index (χ1) is 25.5. The molecular formula is C40H20O2S10. The summed E-state index contributed by atoms with van der Waals surface area (Å²) in [6.07, 6.45) is 0. The summed E-state index contributed by atoms with van der Waals surface area (Å²) in [5.74, 6) is 0. The van der Waals surface area contributed by atoms with Crippen molar-refractivity contribution in [3.8, 4) is 0 Å². The van der Waals surface area contributed by atoms with Gasteiger partial charge in [-0.3, -0.25) is 9.59 Å². The normalized spacial score (nSPS) is 24.2. The van der Waals surface area contributed by atoms with Gasteiger partial charge in [0.1, 0.15) is 9.49 Å². The molecule has 0 radical (unpaired) electrons. The van der Waals surface area contributed by atoms with Crippen LogP contribution < -0.4 is 0 Å². The Morgan fingerprint density at radius 3 is 0.865 bits per heavy atom. The van der Waals surface area contributed by atoms with Crippen molar-refractivity contribution in [2.75, 3.05) is 0 Å². The summed E-state index contributed by atoms with van der Waals surface area (Å²) in [5, 5.41) is 0.126. The number of fused-ring (bicyclic) bond motifs is 5. The molecule has 2 spiro atoms. The van der Waals surface area contributed by atoms with Crippen LogP contribution in [0.15, 0.2) is 200 Å². The van der Waals surface area contributed by atoms with Crippen LogP contribution in [0.1, 0.15) is 0 Å². The lowest BCUT2D eigenvalue weighted by molar-refractivity contribution is -0.111. The zero-order valence-electron chi connectivity index (χ0n) is 26.4. The van der Waals surface area contributed by atoms with Gasteiger partial charge in [-0.05, 0) is 84.2 Å². The Morgan fingerprint density at radius 2 is 0.558 bits per heavy atom. The number of carbonyl (C=O) groups excluding carboxylic acids is 2. The summed E-state index contributed by atoms with van der Waals surface area (Å²) >= 11 is 16.4. The first-order valence-corrected chi connectivity index (χ1v) is 24.3. The maximum absolute atomic E-state index is 15.7. The average molecular weight is 853 g/mol. The molecule has 1 fully saturated rings. The lowest BCUT2D eigenvalue weighted by Crippen LogP contribution is -2.43. The summed E-state index contributed by atoms with van der Waals surface area (Å²) in [5.41, 5.74) is 2.89. The SMILES string of the molecule is O=C1Sc2ccccc2SC12C(=C1Sc3ccccc3S1)C(=C1Sc3ccccc3S1)C1(Sc3ccccc3SC1=O)C2=C1Sc2ccccc2S1. The quantitative estimate of drug-likeness (QED) is 0.149. The molecule has 0 N–H and O–H groups in total. The third kappa shape index (κ3) is 4.95. The van der Waals surface area contributed by atoms with Crippen molar-refractivity contribution in [1.82, 2.24) is 0 Å². The van der Waals surface area contributed by atoms with Crippen molar-refractivity contribution < 1.29 is 9.59 Å². The minimum Gasteiger partial charge on any atom is -0.284 e. The highest BCUT2D eigenvalue weighted by atomic mass is 32.2. The molecule has 11 rings (SSSR count). The zero-order chi connectivity index (χ0) is 34.6. The van der Waals surface area contributed by atoms with Gasteiger partial charge >= 0.3 is 0 Å². The number of thioether (sulfide) groups is 10. The smallest absolute Gasteiger partial charge is 0.218 e. The fraction of sp³-hybridized carbons (Fsp3) is 0.0500. The second-order valence-corrected chi connectivity index (χ2v) is 23.8. The number of benzene rings is 5. The molecule has 0 aromatic heterocycles. The van der Waals surface area contributed by atoms with E-state index in [4.69, 9.17) is 0 Å². The third-order valence-corrected chi connectivity index (χ3v) is 22.5. The van der Waals surface area contributed by atoms with E-state index in [0.29, 0.717) is 0 Å². The largest absolute Gasteiger partial charge is 0.284 e. The Kier molecular flexibility index (Phi) is 8.28. The molecule has 2 nitrogen and oxygen atoms in total. The highest BCUT2D eigenvalue weighted by Gasteiger charge is 2.71. The fourth-order valence-electron chi connectivity index (χ4n) is 7.06. The molecule has 252 valence electrons. The van der Waals surface area contributed by atoms with E-state index in [1.807, 2.05) is 12.1 Å². The van der Waals surface area contributed by atoms with E-state index in [0.717, 1.165) is 58.8 Å². The molecular weight excluding hydrogens is 833 g/mol. The molecule has 2 unspecified atom stereocenters. The Balaban J connectivity index is 1.30. The first kappa shape index (κ1) is 33.5. The van der Waals surface area contributed by atoms with E-state index in [-0.39, 0.29) is 10.2 Å². The predicted octanol–water partition coefficient (Wildman–Crippen LogP) is 13.7. The van der Waals surface area contributed by atoms with E-state index < -0.39 is 9.49 Å². The summed E-state index contributed by atoms with van der Waals surface area (Å²) in [6, 6.07) is 42.0. The van der Waals surface area contributed by atoms with Crippen LogP contribution in [0.25, 0.3) is 0 Å². The van der Waals surface area contributed by atoms with Crippen LogP contribution in [-0.2, 0) is 9.59 Å². The number of carbonyl (C=O) groups is 2. The molecule has 5 aliphatic heterocycles. The second kappa shape index (κ2) is 12.9. The molecule has 5 heterocycles. The summed E-state index contributed by atoms with van der Waals surface area (Å²) in [7, 11) is 0. The number of rotatable bonds is 0. The molecule has 6 aliphatic rings. The maximum Gasteiger partial charge on any atom is 0.218 e. The summed E-state index contributed by atoms with van der Waals surface area (Å²) in [4.78, 5) is 42.5. The molecule has 0 bridgehead atoms. The van der Waals surface area contributed by atoms with Crippen LogP contribution >= 0.6 is 118 Å². The number of hydrogen-bond donors (Lipinski definition) is 0. The summed E-state index contributed by atoms with van der Waals surface area (Å²) in [6.45, 7) is 0. The van der Waals surface area contributed by atoms with Crippen LogP contribution in [0.5, 0.6) is 0 Å². The molecule has 52 heavy (non-hydrogen) atoms. The van der Waals surface area contributed by atoms with E-state index in [2.05, 4.69) is 109 Å². The summed E-state index contributed by atoms with van der Waals surface area (Å²) < 4.78 is 0.870. The Morgan fingerprint density at radius 1 is 0.308 bits per heavy atom. The van der Waals surface area contributed by atoms with Gasteiger partial charge in [0.2, 0.25) is 10.2 Å². The van der Waals surface area contributed by atoms with Crippen molar-refractivity contribution in [2.24, 2.45) is 0 Å². The molecule has 1 aliphatic carbocycles. The Bertz CT molecular complexity index is 2330. The van der Waals surface area contributed by atoms with Gasteiger partial charge in [0, 0.05) is 65.7 Å². The fourth-order valence-corrected chi connectivity index (χ4v) is 21.4. The Hall–Kier alpha value is -1.84. The van der Waals surface area contributed by atoms with Gasteiger partial charge in [0.05, 0.1) is 12.7 Å². The predicted molar refractivity (Wildman–Crippen MR) is 227 cm³/mol. The Labute approximate surface area is 343 Å². The van der Waals surface area contributed by atoms with Gasteiger partial charge in [0.15, 0.2) is 0 Å². The molecule has 2 atom stereocenters. The van der Waals surface area contributed by atoms with Crippen molar-refractivity contribution in [3.05, 3.63) is 151 Å². The number of hydrogen-bond acceptors (Lipinski definition) is 12. The molecule has 0 amide bonds. The molecule has 5 aromatic carbocycles. The van der Waals surface area contributed by atoms with Crippen LogP contribution in [0.3, 0.4) is 0 Å².